The van der Waals surface area contributed by atoms with Gasteiger partial charge in [0.05, 0.1) is 0 Å². The number of benzene rings is 1. The van der Waals surface area contributed by atoms with Gasteiger partial charge in [-0.3, -0.25) is 9.69 Å². The first kappa shape index (κ1) is 19.7. The van der Waals surface area contributed by atoms with Crippen molar-refractivity contribution in [1.29, 1.82) is 0 Å². The number of urea groups is 1. The second kappa shape index (κ2) is 7.75. The van der Waals surface area contributed by atoms with E-state index in [0.717, 1.165) is 24.4 Å². The first-order valence-electron chi connectivity index (χ1n) is 8.91. The lowest BCUT2D eigenvalue weighted by Gasteiger charge is -2.34. The molecule has 2 rings (SSSR count). The molecule has 0 spiro atoms. The number of hydrogen-bond donors (Lipinski definition) is 2. The van der Waals surface area contributed by atoms with Crippen molar-refractivity contribution in [3.05, 3.63) is 34.9 Å². The molecule has 1 aromatic carbocycles. The Balaban J connectivity index is 1.95. The smallest absolute Gasteiger partial charge is 0.324 e. The summed E-state index contributed by atoms with van der Waals surface area (Å²) in [7, 11) is 0. The van der Waals surface area contributed by atoms with Crippen LogP contribution in [-0.4, -0.2) is 35.5 Å². The van der Waals surface area contributed by atoms with E-state index in [4.69, 9.17) is 11.6 Å². The summed E-state index contributed by atoms with van der Waals surface area (Å²) in [6.07, 6.45) is 2.60. The van der Waals surface area contributed by atoms with Crippen LogP contribution in [0.4, 0.5) is 4.79 Å². The predicted molar refractivity (Wildman–Crippen MR) is 101 cm³/mol. The Morgan fingerprint density at radius 3 is 2.24 bits per heavy atom. The summed E-state index contributed by atoms with van der Waals surface area (Å²) in [6.45, 7) is 8.92. The first-order chi connectivity index (χ1) is 11.8. The molecule has 5 nitrogen and oxygen atoms in total. The minimum atomic E-state index is -0.801. The number of imide groups is 1. The Kier molecular flexibility index (Phi) is 6.12. The van der Waals surface area contributed by atoms with Crippen LogP contribution in [0, 0.1) is 0 Å². The van der Waals surface area contributed by atoms with Crippen LogP contribution in [0.1, 0.15) is 52.5 Å². The third kappa shape index (κ3) is 4.15. The van der Waals surface area contributed by atoms with Crippen LogP contribution < -0.4 is 10.6 Å². The van der Waals surface area contributed by atoms with Crippen molar-refractivity contribution in [2.45, 2.75) is 58.0 Å². The number of carbonyl (C=O) groups is 2. The quantitative estimate of drug-likeness (QED) is 0.546. The van der Waals surface area contributed by atoms with Gasteiger partial charge in [0.2, 0.25) is 0 Å². The molecule has 25 heavy (non-hydrogen) atoms. The molecule has 6 heteroatoms. The van der Waals surface area contributed by atoms with Gasteiger partial charge in [0.15, 0.2) is 0 Å². The van der Waals surface area contributed by atoms with Crippen molar-refractivity contribution in [2.75, 3.05) is 13.1 Å². The van der Waals surface area contributed by atoms with E-state index in [1.54, 1.807) is 13.8 Å². The highest BCUT2D eigenvalue weighted by molar-refractivity contribution is 6.30. The molecule has 1 aromatic rings. The van der Waals surface area contributed by atoms with Gasteiger partial charge in [0.25, 0.3) is 5.91 Å². The molecule has 1 saturated heterocycles. The highest BCUT2D eigenvalue weighted by Gasteiger charge is 2.43. The van der Waals surface area contributed by atoms with Crippen molar-refractivity contribution in [1.82, 2.24) is 15.5 Å². The van der Waals surface area contributed by atoms with Crippen molar-refractivity contribution < 1.29 is 9.59 Å². The fourth-order valence-corrected chi connectivity index (χ4v) is 3.49. The fraction of sp³-hybridized carbons (Fsp3) is 0.579. The molecule has 1 aliphatic rings. The summed E-state index contributed by atoms with van der Waals surface area (Å²) in [4.78, 5) is 25.4. The predicted octanol–water partition coefficient (Wildman–Crippen LogP) is 3.67. The maximum absolute atomic E-state index is 12.2. The molecule has 3 amide bonds. The standard InChI is InChI=1S/C19H28ClN3O2/c1-5-19(6-2,14-8-10-15(20)11-9-14)21-12-7-13-23-16(24)18(3,4)22-17(23)25/h8-11,21H,5-7,12-13H2,1-4H3,(H,22,25). The van der Waals surface area contributed by atoms with Crippen molar-refractivity contribution in [2.24, 2.45) is 0 Å². The lowest BCUT2D eigenvalue weighted by Crippen LogP contribution is -2.43. The van der Waals surface area contributed by atoms with Crippen molar-refractivity contribution in [3.8, 4) is 0 Å². The second-order valence-electron chi connectivity index (χ2n) is 7.09. The van der Waals surface area contributed by atoms with Crippen molar-refractivity contribution >= 4 is 23.5 Å². The normalized spacial score (nSPS) is 17.1. The Bertz CT molecular complexity index is 624. The summed E-state index contributed by atoms with van der Waals surface area (Å²) in [5.41, 5.74) is 0.281. The largest absolute Gasteiger partial charge is 0.325 e. The van der Waals surface area contributed by atoms with Gasteiger partial charge in [0, 0.05) is 17.1 Å². The summed E-state index contributed by atoms with van der Waals surface area (Å²) in [5, 5.41) is 7.07. The number of halogens is 1. The maximum atomic E-state index is 12.2. The van der Waals surface area contributed by atoms with Gasteiger partial charge in [-0.05, 0) is 57.4 Å². The lowest BCUT2D eigenvalue weighted by atomic mass is 9.84. The molecule has 1 fully saturated rings. The van der Waals surface area contributed by atoms with Crippen LogP contribution in [0.25, 0.3) is 0 Å². The highest BCUT2D eigenvalue weighted by Crippen LogP contribution is 2.29. The minimum absolute atomic E-state index is 0.124. The summed E-state index contributed by atoms with van der Waals surface area (Å²) in [5.74, 6) is -0.160. The van der Waals surface area contributed by atoms with E-state index < -0.39 is 5.54 Å². The minimum Gasteiger partial charge on any atom is -0.324 e. The van der Waals surface area contributed by atoms with Gasteiger partial charge in [-0.2, -0.15) is 0 Å². The number of amides is 3. The Hall–Kier alpha value is -1.59. The molecule has 0 radical (unpaired) electrons. The average molecular weight is 366 g/mol. The number of nitrogens with zero attached hydrogens (tertiary/aromatic N) is 1. The van der Waals surface area contributed by atoms with E-state index in [1.807, 2.05) is 12.1 Å². The van der Waals surface area contributed by atoms with E-state index in [1.165, 1.54) is 10.5 Å². The van der Waals surface area contributed by atoms with Crippen LogP contribution >= 0.6 is 11.6 Å². The zero-order valence-corrected chi connectivity index (χ0v) is 16.2. The van der Waals surface area contributed by atoms with Crippen LogP contribution in [0.15, 0.2) is 24.3 Å². The molecule has 138 valence electrons. The molecule has 1 heterocycles. The third-order valence-corrected chi connectivity index (χ3v) is 5.32. The molecule has 0 aliphatic carbocycles. The van der Waals surface area contributed by atoms with Crippen LogP contribution in [0.5, 0.6) is 0 Å². The van der Waals surface area contributed by atoms with Gasteiger partial charge in [-0.25, -0.2) is 4.79 Å². The Morgan fingerprint density at radius 1 is 1.16 bits per heavy atom. The first-order valence-corrected chi connectivity index (χ1v) is 9.28. The molecular formula is C19H28ClN3O2. The van der Waals surface area contributed by atoms with E-state index in [9.17, 15) is 9.59 Å². The van der Waals surface area contributed by atoms with E-state index in [2.05, 4.69) is 36.6 Å². The summed E-state index contributed by atoms with van der Waals surface area (Å²) < 4.78 is 0. The molecule has 0 unspecified atom stereocenters. The summed E-state index contributed by atoms with van der Waals surface area (Å²) in [6, 6.07) is 7.64. The van der Waals surface area contributed by atoms with Crippen molar-refractivity contribution in [3.63, 3.8) is 0 Å². The lowest BCUT2D eigenvalue weighted by molar-refractivity contribution is -0.130. The number of rotatable bonds is 8. The molecule has 0 aromatic heterocycles. The van der Waals surface area contributed by atoms with Crippen LogP contribution in [-0.2, 0) is 10.3 Å². The van der Waals surface area contributed by atoms with Gasteiger partial charge in [0.1, 0.15) is 5.54 Å². The van der Waals surface area contributed by atoms with E-state index in [-0.39, 0.29) is 17.5 Å². The molecule has 1 aliphatic heterocycles. The van der Waals surface area contributed by atoms with Gasteiger partial charge < -0.3 is 10.6 Å². The average Bonchev–Trinajstić information content (AvgIpc) is 2.77. The van der Waals surface area contributed by atoms with Gasteiger partial charge >= 0.3 is 6.03 Å². The Labute approximate surface area is 155 Å². The highest BCUT2D eigenvalue weighted by atomic mass is 35.5. The fourth-order valence-electron chi connectivity index (χ4n) is 3.37. The zero-order chi connectivity index (χ0) is 18.7. The van der Waals surface area contributed by atoms with Gasteiger partial charge in [-0.15, -0.1) is 0 Å². The Morgan fingerprint density at radius 2 is 1.76 bits per heavy atom. The number of nitrogens with one attached hydrogen (secondary N) is 2. The number of carbonyl (C=O) groups excluding carboxylic acids is 2. The third-order valence-electron chi connectivity index (χ3n) is 5.07. The SMILES string of the molecule is CCC(CC)(NCCCN1C(=O)NC(C)(C)C1=O)c1ccc(Cl)cc1. The second-order valence-corrected chi connectivity index (χ2v) is 7.52. The maximum Gasteiger partial charge on any atom is 0.325 e. The van der Waals surface area contributed by atoms with E-state index >= 15 is 0 Å². The topological polar surface area (TPSA) is 61.4 Å². The molecular weight excluding hydrogens is 338 g/mol. The summed E-state index contributed by atoms with van der Waals surface area (Å²) >= 11 is 6.00. The molecule has 0 atom stereocenters. The molecule has 0 saturated carbocycles. The monoisotopic (exact) mass is 365 g/mol. The molecule has 2 N–H and O–H groups in total. The zero-order valence-electron chi connectivity index (χ0n) is 15.5. The molecule has 0 bridgehead atoms. The van der Waals surface area contributed by atoms with E-state index in [0.29, 0.717) is 13.0 Å². The van der Waals surface area contributed by atoms with Crippen LogP contribution in [0.3, 0.4) is 0 Å². The number of hydrogen-bond acceptors (Lipinski definition) is 3. The van der Waals surface area contributed by atoms with Gasteiger partial charge in [-0.1, -0.05) is 37.6 Å². The van der Waals surface area contributed by atoms with Crippen LogP contribution in [0.2, 0.25) is 5.02 Å².